The summed E-state index contributed by atoms with van der Waals surface area (Å²) in [7, 11) is 1.61. The van der Waals surface area contributed by atoms with Crippen LogP contribution in [0.3, 0.4) is 0 Å². The van der Waals surface area contributed by atoms with E-state index in [0.717, 1.165) is 11.3 Å². The number of esters is 1. The molecule has 3 rings (SSSR count). The van der Waals surface area contributed by atoms with Gasteiger partial charge in [0.1, 0.15) is 11.4 Å². The summed E-state index contributed by atoms with van der Waals surface area (Å²) in [6, 6.07) is 7.04. The molecule has 0 bridgehead atoms. The van der Waals surface area contributed by atoms with E-state index in [-0.39, 0.29) is 18.3 Å². The van der Waals surface area contributed by atoms with E-state index in [0.29, 0.717) is 6.54 Å². The minimum atomic E-state index is -0.624. The Hall–Kier alpha value is -2.04. The van der Waals surface area contributed by atoms with Crippen molar-refractivity contribution in [2.75, 3.05) is 7.11 Å². The summed E-state index contributed by atoms with van der Waals surface area (Å²) in [4.78, 5) is 25.1. The average Bonchev–Trinajstić information content (AvgIpc) is 2.56. The molecular formula is C14H15NO4. The molecule has 0 radical (unpaired) electrons. The lowest BCUT2D eigenvalue weighted by atomic mass is 9.91. The number of benzene rings is 1. The summed E-state index contributed by atoms with van der Waals surface area (Å²) in [5.74, 6) is 0.431. The summed E-state index contributed by atoms with van der Waals surface area (Å²) in [6.45, 7) is 2.24. The smallest absolute Gasteiger partial charge is 0.333 e. The van der Waals surface area contributed by atoms with Gasteiger partial charge in [0.15, 0.2) is 6.04 Å². The van der Waals surface area contributed by atoms with Crippen molar-refractivity contribution in [3.63, 3.8) is 0 Å². The molecule has 5 nitrogen and oxygen atoms in total. The molecule has 1 aromatic rings. The van der Waals surface area contributed by atoms with Crippen molar-refractivity contribution in [2.24, 2.45) is 0 Å². The monoisotopic (exact) mass is 261 g/mol. The maximum absolute atomic E-state index is 12.0. The number of carbonyl (C=O) groups is 2. The average molecular weight is 261 g/mol. The molecule has 1 aromatic carbocycles. The number of fused-ring (bicyclic) bond motifs is 1. The van der Waals surface area contributed by atoms with Crippen LogP contribution in [0.25, 0.3) is 0 Å². The lowest BCUT2D eigenvalue weighted by molar-refractivity contribution is -0.199. The van der Waals surface area contributed by atoms with Gasteiger partial charge in [-0.1, -0.05) is 12.1 Å². The zero-order valence-corrected chi connectivity index (χ0v) is 10.9. The first-order chi connectivity index (χ1) is 9.03. The molecule has 2 fully saturated rings. The Bertz CT molecular complexity index is 539. The fourth-order valence-electron chi connectivity index (χ4n) is 2.78. The summed E-state index contributed by atoms with van der Waals surface area (Å²) in [5.41, 5.74) is 0.346. The highest BCUT2D eigenvalue weighted by atomic mass is 16.6. The molecule has 1 amide bonds. The Balaban J connectivity index is 1.79. The van der Waals surface area contributed by atoms with Gasteiger partial charge in [-0.25, -0.2) is 4.79 Å². The first-order valence-electron chi connectivity index (χ1n) is 6.19. The lowest BCUT2D eigenvalue weighted by Gasteiger charge is -2.41. The molecule has 2 saturated heterocycles. The summed E-state index contributed by atoms with van der Waals surface area (Å²) < 4.78 is 10.2. The van der Waals surface area contributed by atoms with Gasteiger partial charge in [-0.15, -0.1) is 0 Å². The second-order valence-corrected chi connectivity index (χ2v) is 5.18. The molecule has 0 aliphatic carbocycles. The van der Waals surface area contributed by atoms with E-state index in [2.05, 4.69) is 0 Å². The molecule has 0 aromatic heterocycles. The molecule has 5 heteroatoms. The molecule has 100 valence electrons. The standard InChI is InChI=1S/C14H15NO4/c1-14-7-11(16)15(12(14)13(17)19-14)8-9-3-5-10(18-2)6-4-9/h3-6,12H,7-8H2,1-2H3/t12?,14-/m1/s1. The number of carbonyl (C=O) groups excluding carboxylic acids is 2. The molecule has 2 aliphatic rings. The number of amides is 1. The van der Waals surface area contributed by atoms with Crippen LogP contribution in [0.15, 0.2) is 24.3 Å². The summed E-state index contributed by atoms with van der Waals surface area (Å²) >= 11 is 0. The van der Waals surface area contributed by atoms with Crippen LogP contribution in [0.1, 0.15) is 18.9 Å². The van der Waals surface area contributed by atoms with E-state index < -0.39 is 11.6 Å². The second kappa shape index (κ2) is 3.98. The minimum Gasteiger partial charge on any atom is -0.497 e. The van der Waals surface area contributed by atoms with Gasteiger partial charge < -0.3 is 14.4 Å². The Labute approximate surface area is 111 Å². The van der Waals surface area contributed by atoms with Crippen LogP contribution in [0.5, 0.6) is 5.75 Å². The van der Waals surface area contributed by atoms with Crippen molar-refractivity contribution in [2.45, 2.75) is 31.5 Å². The molecule has 0 saturated carbocycles. The van der Waals surface area contributed by atoms with Crippen LogP contribution >= 0.6 is 0 Å². The molecule has 19 heavy (non-hydrogen) atoms. The molecule has 2 aliphatic heterocycles. The lowest BCUT2D eigenvalue weighted by Crippen LogP contribution is -2.61. The Kier molecular flexibility index (Phi) is 2.52. The normalized spacial score (nSPS) is 28.7. The van der Waals surface area contributed by atoms with E-state index in [1.165, 1.54) is 0 Å². The highest BCUT2D eigenvalue weighted by Crippen LogP contribution is 2.42. The van der Waals surface area contributed by atoms with Gasteiger partial charge in [0.05, 0.1) is 13.5 Å². The number of rotatable bonds is 3. The van der Waals surface area contributed by atoms with Gasteiger partial charge in [-0.2, -0.15) is 0 Å². The molecule has 2 atom stereocenters. The number of ether oxygens (including phenoxy) is 2. The van der Waals surface area contributed by atoms with E-state index in [1.54, 1.807) is 12.0 Å². The largest absolute Gasteiger partial charge is 0.497 e. The van der Waals surface area contributed by atoms with Gasteiger partial charge in [0, 0.05) is 6.54 Å². The van der Waals surface area contributed by atoms with Crippen molar-refractivity contribution in [1.29, 1.82) is 0 Å². The third kappa shape index (κ3) is 1.77. The maximum Gasteiger partial charge on any atom is 0.333 e. The van der Waals surface area contributed by atoms with Gasteiger partial charge in [-0.3, -0.25) is 4.79 Å². The molecular weight excluding hydrogens is 246 g/mol. The zero-order valence-electron chi connectivity index (χ0n) is 10.9. The van der Waals surface area contributed by atoms with Crippen molar-refractivity contribution in [3.05, 3.63) is 29.8 Å². The first kappa shape index (κ1) is 12.0. The zero-order chi connectivity index (χ0) is 13.6. The summed E-state index contributed by atoms with van der Waals surface area (Å²) in [5, 5.41) is 0. The fraction of sp³-hybridized carbons (Fsp3) is 0.429. The Morgan fingerprint density at radius 3 is 2.63 bits per heavy atom. The van der Waals surface area contributed by atoms with Crippen LogP contribution in [0.2, 0.25) is 0 Å². The maximum atomic E-state index is 12.0. The van der Waals surface area contributed by atoms with Crippen LogP contribution in [0.4, 0.5) is 0 Å². The van der Waals surface area contributed by atoms with Gasteiger partial charge in [-0.05, 0) is 24.6 Å². The quantitative estimate of drug-likeness (QED) is 0.765. The summed E-state index contributed by atoms with van der Waals surface area (Å²) in [6.07, 6.45) is 0.277. The third-order valence-electron chi connectivity index (χ3n) is 3.78. The van der Waals surface area contributed by atoms with Crippen molar-refractivity contribution >= 4 is 11.9 Å². The third-order valence-corrected chi connectivity index (χ3v) is 3.78. The molecule has 2 heterocycles. The van der Waals surface area contributed by atoms with E-state index in [9.17, 15) is 9.59 Å². The number of hydrogen-bond acceptors (Lipinski definition) is 4. The SMILES string of the molecule is COc1ccc(CN2C(=O)C[C@@]3(C)OC(=O)C23)cc1. The highest BCUT2D eigenvalue weighted by molar-refractivity contribution is 5.95. The Morgan fingerprint density at radius 1 is 1.37 bits per heavy atom. The van der Waals surface area contributed by atoms with Gasteiger partial charge in [0.25, 0.3) is 0 Å². The minimum absolute atomic E-state index is 0.0332. The molecule has 1 unspecified atom stereocenters. The van der Waals surface area contributed by atoms with Crippen LogP contribution < -0.4 is 4.74 Å². The number of likely N-dealkylation sites (tertiary alicyclic amines) is 1. The number of hydrogen-bond donors (Lipinski definition) is 0. The first-order valence-corrected chi connectivity index (χ1v) is 6.19. The van der Waals surface area contributed by atoms with Gasteiger partial charge >= 0.3 is 5.97 Å². The van der Waals surface area contributed by atoms with Crippen LogP contribution in [-0.4, -0.2) is 35.5 Å². The topological polar surface area (TPSA) is 55.8 Å². The highest BCUT2D eigenvalue weighted by Gasteiger charge is 2.63. The van der Waals surface area contributed by atoms with Crippen molar-refractivity contribution < 1.29 is 19.1 Å². The fourth-order valence-corrected chi connectivity index (χ4v) is 2.78. The van der Waals surface area contributed by atoms with Crippen molar-refractivity contribution in [3.8, 4) is 5.75 Å². The van der Waals surface area contributed by atoms with Crippen molar-refractivity contribution in [1.82, 2.24) is 4.90 Å². The van der Waals surface area contributed by atoms with Crippen LogP contribution in [-0.2, 0) is 20.9 Å². The predicted octanol–water partition coefficient (Wildman–Crippen LogP) is 1.11. The van der Waals surface area contributed by atoms with E-state index >= 15 is 0 Å². The van der Waals surface area contributed by atoms with E-state index in [1.807, 2.05) is 31.2 Å². The second-order valence-electron chi connectivity index (χ2n) is 5.18. The van der Waals surface area contributed by atoms with Gasteiger partial charge in [0.2, 0.25) is 5.91 Å². The molecule has 0 spiro atoms. The predicted molar refractivity (Wildman–Crippen MR) is 66.4 cm³/mol. The molecule has 0 N–H and O–H groups in total. The number of methoxy groups -OCH3 is 1. The van der Waals surface area contributed by atoms with Crippen LogP contribution in [0, 0.1) is 0 Å². The Morgan fingerprint density at radius 2 is 2.05 bits per heavy atom. The van der Waals surface area contributed by atoms with E-state index in [4.69, 9.17) is 9.47 Å². The number of nitrogens with zero attached hydrogens (tertiary/aromatic N) is 1.